The van der Waals surface area contributed by atoms with Gasteiger partial charge < -0.3 is 20.0 Å². The summed E-state index contributed by atoms with van der Waals surface area (Å²) >= 11 is 0. The third-order valence-corrected chi connectivity index (χ3v) is 4.92. The second-order valence-electron chi connectivity index (χ2n) is 6.16. The van der Waals surface area contributed by atoms with Crippen molar-refractivity contribution in [3.8, 4) is 0 Å². The lowest BCUT2D eigenvalue weighted by Crippen LogP contribution is -2.51. The number of carbonyl (C=O) groups excluding carboxylic acids is 1. The van der Waals surface area contributed by atoms with E-state index in [-0.39, 0.29) is 24.7 Å². The molecule has 0 spiro atoms. The maximum Gasteiger partial charge on any atom is 0.320 e. The van der Waals surface area contributed by atoms with E-state index in [1.165, 1.54) is 6.42 Å². The second-order valence-corrected chi connectivity index (χ2v) is 6.16. The zero-order valence-electron chi connectivity index (χ0n) is 12.7. The van der Waals surface area contributed by atoms with Gasteiger partial charge in [-0.05, 0) is 26.2 Å². The number of aliphatic hydroxyl groups is 1. The molecule has 1 aliphatic carbocycles. The maximum absolute atomic E-state index is 12.8. The number of aliphatic carboxylic acids is 1. The van der Waals surface area contributed by atoms with E-state index in [0.717, 1.165) is 25.7 Å². The van der Waals surface area contributed by atoms with Crippen molar-refractivity contribution in [2.24, 2.45) is 5.92 Å². The molecule has 1 heterocycles. The highest BCUT2D eigenvalue weighted by atomic mass is 16.4. The fourth-order valence-electron chi connectivity index (χ4n) is 3.64. The lowest BCUT2D eigenvalue weighted by atomic mass is 9.94. The van der Waals surface area contributed by atoms with Gasteiger partial charge in [0, 0.05) is 25.2 Å². The number of carboxylic acids is 1. The SMILES string of the molecule is CC1C(C(=O)O)CCN1C(=O)N(CCO)C1CCCCC1. The van der Waals surface area contributed by atoms with Gasteiger partial charge in [0.15, 0.2) is 0 Å². The minimum atomic E-state index is -0.829. The van der Waals surface area contributed by atoms with Crippen LogP contribution < -0.4 is 0 Å². The van der Waals surface area contributed by atoms with Gasteiger partial charge in [-0.3, -0.25) is 4.79 Å². The molecule has 2 rings (SSSR count). The molecule has 0 radical (unpaired) electrons. The van der Waals surface area contributed by atoms with Crippen molar-refractivity contribution in [1.29, 1.82) is 0 Å². The summed E-state index contributed by atoms with van der Waals surface area (Å²) in [6.45, 7) is 2.59. The molecule has 0 aromatic rings. The number of carboxylic acid groups (broad SMARTS) is 1. The van der Waals surface area contributed by atoms with E-state index >= 15 is 0 Å². The van der Waals surface area contributed by atoms with Crippen molar-refractivity contribution in [2.45, 2.75) is 57.5 Å². The standard InChI is InChI=1S/C15H26N2O4/c1-11-13(14(19)20)7-8-16(11)15(21)17(9-10-18)12-5-3-2-4-6-12/h11-13,18H,2-10H2,1H3,(H,19,20). The highest BCUT2D eigenvalue weighted by molar-refractivity contribution is 5.78. The number of nitrogens with zero attached hydrogens (tertiary/aromatic N) is 2. The molecule has 2 N–H and O–H groups in total. The Kier molecular flexibility index (Phi) is 5.45. The fourth-order valence-corrected chi connectivity index (χ4v) is 3.64. The summed E-state index contributed by atoms with van der Waals surface area (Å²) in [6.07, 6.45) is 5.92. The number of rotatable bonds is 4. The highest BCUT2D eigenvalue weighted by Crippen LogP contribution is 2.28. The molecule has 2 atom stereocenters. The molecule has 2 amide bonds. The molecular weight excluding hydrogens is 272 g/mol. The van der Waals surface area contributed by atoms with E-state index < -0.39 is 11.9 Å². The zero-order chi connectivity index (χ0) is 15.4. The van der Waals surface area contributed by atoms with E-state index in [4.69, 9.17) is 0 Å². The zero-order valence-corrected chi connectivity index (χ0v) is 12.7. The Morgan fingerprint density at radius 3 is 2.38 bits per heavy atom. The predicted octanol–water partition coefficient (Wildman–Crippen LogP) is 1.53. The average molecular weight is 298 g/mol. The topological polar surface area (TPSA) is 81.1 Å². The van der Waals surface area contributed by atoms with Gasteiger partial charge in [-0.15, -0.1) is 0 Å². The van der Waals surface area contributed by atoms with Crippen LogP contribution in [0, 0.1) is 5.92 Å². The molecule has 2 fully saturated rings. The Hall–Kier alpha value is -1.30. The van der Waals surface area contributed by atoms with E-state index in [1.807, 2.05) is 6.92 Å². The first kappa shape index (κ1) is 16.1. The minimum absolute atomic E-state index is 0.0488. The largest absolute Gasteiger partial charge is 0.481 e. The predicted molar refractivity (Wildman–Crippen MR) is 78.0 cm³/mol. The van der Waals surface area contributed by atoms with E-state index in [2.05, 4.69) is 0 Å². The molecule has 2 aliphatic rings. The van der Waals surface area contributed by atoms with Crippen LogP contribution in [0.1, 0.15) is 45.4 Å². The van der Waals surface area contributed by atoms with Gasteiger partial charge in [-0.2, -0.15) is 0 Å². The Morgan fingerprint density at radius 2 is 1.86 bits per heavy atom. The van der Waals surface area contributed by atoms with Gasteiger partial charge in [0.2, 0.25) is 0 Å². The van der Waals surface area contributed by atoms with Crippen molar-refractivity contribution >= 4 is 12.0 Å². The van der Waals surface area contributed by atoms with Crippen LogP contribution in [-0.2, 0) is 4.79 Å². The Balaban J connectivity index is 2.06. The van der Waals surface area contributed by atoms with Crippen molar-refractivity contribution in [3.05, 3.63) is 0 Å². The van der Waals surface area contributed by atoms with Crippen LogP contribution in [0.15, 0.2) is 0 Å². The summed E-state index contributed by atoms with van der Waals surface area (Å²) in [5.74, 6) is -1.31. The number of likely N-dealkylation sites (tertiary alicyclic amines) is 1. The second kappa shape index (κ2) is 7.11. The van der Waals surface area contributed by atoms with Crippen LogP contribution in [0.3, 0.4) is 0 Å². The van der Waals surface area contributed by atoms with Crippen molar-refractivity contribution in [3.63, 3.8) is 0 Å². The monoisotopic (exact) mass is 298 g/mol. The van der Waals surface area contributed by atoms with E-state index in [0.29, 0.717) is 19.5 Å². The molecule has 0 aromatic heterocycles. The third kappa shape index (κ3) is 3.48. The molecule has 0 aromatic carbocycles. The smallest absolute Gasteiger partial charge is 0.320 e. The fraction of sp³-hybridized carbons (Fsp3) is 0.867. The summed E-state index contributed by atoms with van der Waals surface area (Å²) in [6, 6.07) is -0.193. The first-order valence-electron chi connectivity index (χ1n) is 7.97. The number of amides is 2. The van der Waals surface area contributed by atoms with Crippen LogP contribution in [0.5, 0.6) is 0 Å². The van der Waals surface area contributed by atoms with Gasteiger partial charge in [0.05, 0.1) is 12.5 Å². The summed E-state index contributed by atoms with van der Waals surface area (Å²) in [5.41, 5.74) is 0. The Bertz CT molecular complexity index is 382. The molecule has 1 saturated heterocycles. The minimum Gasteiger partial charge on any atom is -0.481 e. The molecule has 1 aliphatic heterocycles. The van der Waals surface area contributed by atoms with Gasteiger partial charge in [0.25, 0.3) is 0 Å². The number of hydrogen-bond donors (Lipinski definition) is 2. The number of aliphatic hydroxyl groups excluding tert-OH is 1. The van der Waals surface area contributed by atoms with Crippen LogP contribution in [0.2, 0.25) is 0 Å². The highest BCUT2D eigenvalue weighted by Gasteiger charge is 2.40. The first-order valence-corrected chi connectivity index (χ1v) is 7.97. The lowest BCUT2D eigenvalue weighted by Gasteiger charge is -2.38. The first-order chi connectivity index (χ1) is 10.1. The number of urea groups is 1. The van der Waals surface area contributed by atoms with Gasteiger partial charge in [0.1, 0.15) is 0 Å². The van der Waals surface area contributed by atoms with Crippen LogP contribution in [-0.4, -0.2) is 63.8 Å². The van der Waals surface area contributed by atoms with Crippen LogP contribution in [0.4, 0.5) is 4.79 Å². The number of hydrogen-bond acceptors (Lipinski definition) is 3. The summed E-state index contributed by atoms with van der Waals surface area (Å²) in [7, 11) is 0. The molecule has 2 unspecified atom stereocenters. The average Bonchev–Trinajstić information content (AvgIpc) is 2.87. The Labute approximate surface area is 125 Å². The van der Waals surface area contributed by atoms with E-state index in [1.54, 1.807) is 9.80 Å². The number of carbonyl (C=O) groups is 2. The van der Waals surface area contributed by atoms with Crippen molar-refractivity contribution in [2.75, 3.05) is 19.7 Å². The molecule has 1 saturated carbocycles. The molecule has 0 bridgehead atoms. The Morgan fingerprint density at radius 1 is 1.19 bits per heavy atom. The molecular formula is C15H26N2O4. The summed E-state index contributed by atoms with van der Waals surface area (Å²) < 4.78 is 0. The van der Waals surface area contributed by atoms with Crippen molar-refractivity contribution < 1.29 is 19.8 Å². The normalized spacial score (nSPS) is 26.9. The summed E-state index contributed by atoms with van der Waals surface area (Å²) in [4.78, 5) is 27.4. The summed E-state index contributed by atoms with van der Waals surface area (Å²) in [5, 5.41) is 18.4. The van der Waals surface area contributed by atoms with E-state index in [9.17, 15) is 19.8 Å². The molecule has 120 valence electrons. The van der Waals surface area contributed by atoms with Gasteiger partial charge >= 0.3 is 12.0 Å². The van der Waals surface area contributed by atoms with Crippen molar-refractivity contribution in [1.82, 2.24) is 9.80 Å². The molecule has 6 heteroatoms. The quantitative estimate of drug-likeness (QED) is 0.824. The maximum atomic E-state index is 12.8. The van der Waals surface area contributed by atoms with Gasteiger partial charge in [-0.25, -0.2) is 4.79 Å². The molecule has 6 nitrogen and oxygen atoms in total. The lowest BCUT2D eigenvalue weighted by molar-refractivity contribution is -0.142. The van der Waals surface area contributed by atoms with Gasteiger partial charge in [-0.1, -0.05) is 19.3 Å². The van der Waals surface area contributed by atoms with Crippen LogP contribution >= 0.6 is 0 Å². The van der Waals surface area contributed by atoms with Crippen LogP contribution in [0.25, 0.3) is 0 Å². The molecule has 21 heavy (non-hydrogen) atoms. The third-order valence-electron chi connectivity index (χ3n) is 4.92.